The van der Waals surface area contributed by atoms with Gasteiger partial charge in [-0.05, 0) is 31.2 Å². The summed E-state index contributed by atoms with van der Waals surface area (Å²) in [7, 11) is -3.21. The Morgan fingerprint density at radius 1 is 0.944 bits per heavy atom. The molecule has 0 amide bonds. The average Bonchev–Trinajstić information content (AvgIpc) is 2.38. The van der Waals surface area contributed by atoms with Gasteiger partial charge in [0.2, 0.25) is 0 Å². The van der Waals surface area contributed by atoms with E-state index in [1.165, 1.54) is 11.8 Å². The molecule has 0 unspecified atom stereocenters. The Bertz CT molecular complexity index is 602. The van der Waals surface area contributed by atoms with Crippen LogP contribution < -0.4 is 0 Å². The second kappa shape index (κ2) is 5.59. The smallest absolute Gasteiger partial charge is 0.188 e. The highest BCUT2D eigenvalue weighted by Gasteiger charge is 2.14. The minimum Gasteiger partial charge on any atom is -0.223 e. The summed E-state index contributed by atoms with van der Waals surface area (Å²) >= 11 is 1.34. The number of hydrogen-bond acceptors (Lipinski definition) is 3. The second-order valence-corrected chi connectivity index (χ2v) is 7.41. The van der Waals surface area contributed by atoms with Crippen molar-refractivity contribution in [2.45, 2.75) is 16.7 Å². The highest BCUT2D eigenvalue weighted by atomic mass is 32.3. The van der Waals surface area contributed by atoms with E-state index in [9.17, 15) is 8.42 Å². The van der Waals surface area contributed by atoms with Crippen molar-refractivity contribution < 1.29 is 8.42 Å². The normalized spacial score (nSPS) is 11.4. The summed E-state index contributed by atoms with van der Waals surface area (Å²) in [6.07, 6.45) is 0. The first-order chi connectivity index (χ1) is 8.58. The number of aryl methyl sites for hydroxylation is 1. The summed E-state index contributed by atoms with van der Waals surface area (Å²) in [5.41, 5.74) is 1.06. The Labute approximate surface area is 112 Å². The van der Waals surface area contributed by atoms with Gasteiger partial charge < -0.3 is 0 Å². The molecule has 0 spiro atoms. The van der Waals surface area contributed by atoms with Crippen LogP contribution >= 0.6 is 11.8 Å². The molecule has 0 atom stereocenters. The van der Waals surface area contributed by atoms with Crippen LogP contribution in [0, 0.1) is 6.92 Å². The molecule has 0 N–H and O–H groups in total. The number of sulfone groups is 1. The van der Waals surface area contributed by atoms with Crippen LogP contribution in [0.25, 0.3) is 0 Å². The minimum absolute atomic E-state index is 0.0695. The lowest BCUT2D eigenvalue weighted by Gasteiger charge is -2.04. The van der Waals surface area contributed by atoms with Gasteiger partial charge in [-0.15, -0.1) is 11.8 Å². The third kappa shape index (κ3) is 3.37. The van der Waals surface area contributed by atoms with Gasteiger partial charge >= 0.3 is 0 Å². The number of rotatable bonds is 4. The molecule has 0 aliphatic carbocycles. The third-order valence-corrected chi connectivity index (χ3v) is 5.81. The van der Waals surface area contributed by atoms with Gasteiger partial charge in [0.25, 0.3) is 0 Å². The molecule has 18 heavy (non-hydrogen) atoms. The van der Waals surface area contributed by atoms with Gasteiger partial charge in [-0.1, -0.05) is 35.9 Å². The van der Waals surface area contributed by atoms with Crippen molar-refractivity contribution in [2.75, 3.05) is 5.08 Å². The van der Waals surface area contributed by atoms with Crippen molar-refractivity contribution >= 4 is 21.6 Å². The van der Waals surface area contributed by atoms with Crippen molar-refractivity contribution in [1.29, 1.82) is 0 Å². The summed E-state index contributed by atoms with van der Waals surface area (Å²) in [5, 5.41) is 0.0695. The molecule has 2 aromatic rings. The molecular formula is C14H14O2S2. The van der Waals surface area contributed by atoms with Gasteiger partial charge in [-0.25, -0.2) is 8.42 Å². The number of hydrogen-bond donors (Lipinski definition) is 0. The molecular weight excluding hydrogens is 264 g/mol. The zero-order valence-electron chi connectivity index (χ0n) is 10.0. The van der Waals surface area contributed by atoms with E-state index in [0.29, 0.717) is 4.90 Å². The lowest BCUT2D eigenvalue weighted by atomic mass is 10.2. The molecule has 0 saturated heterocycles. The zero-order chi connectivity index (χ0) is 13.0. The molecule has 0 bridgehead atoms. The Morgan fingerprint density at radius 3 is 2.17 bits per heavy atom. The highest BCUT2D eigenvalue weighted by Crippen LogP contribution is 2.23. The predicted molar refractivity (Wildman–Crippen MR) is 75.5 cm³/mol. The molecule has 0 aromatic heterocycles. The van der Waals surface area contributed by atoms with Gasteiger partial charge in [0, 0.05) is 4.90 Å². The molecule has 4 heteroatoms. The molecule has 2 aromatic carbocycles. The Hall–Kier alpha value is -1.26. The van der Waals surface area contributed by atoms with Crippen molar-refractivity contribution in [2.24, 2.45) is 0 Å². The second-order valence-electron chi connectivity index (χ2n) is 4.00. The first kappa shape index (κ1) is 13.2. The maximum Gasteiger partial charge on any atom is 0.188 e. The summed E-state index contributed by atoms with van der Waals surface area (Å²) in [5.74, 6) is 0. The summed E-state index contributed by atoms with van der Waals surface area (Å²) in [6, 6.07) is 16.5. The summed E-state index contributed by atoms with van der Waals surface area (Å²) < 4.78 is 24.2. The van der Waals surface area contributed by atoms with Crippen molar-refractivity contribution in [3.05, 3.63) is 60.2 Å². The monoisotopic (exact) mass is 278 g/mol. The van der Waals surface area contributed by atoms with E-state index >= 15 is 0 Å². The first-order valence-corrected chi connectivity index (χ1v) is 8.19. The Morgan fingerprint density at radius 2 is 1.56 bits per heavy atom. The van der Waals surface area contributed by atoms with Crippen LogP contribution in [0.1, 0.15) is 5.56 Å². The van der Waals surface area contributed by atoms with Crippen LogP contribution in [0.4, 0.5) is 0 Å². The summed E-state index contributed by atoms with van der Waals surface area (Å²) in [6.45, 7) is 1.94. The van der Waals surface area contributed by atoms with Crippen LogP contribution in [0.15, 0.2) is 64.4 Å². The SMILES string of the molecule is Cc1ccc(S(=O)(=O)CSc2ccccc2)cc1. The van der Waals surface area contributed by atoms with Gasteiger partial charge in [0.05, 0.1) is 4.90 Å². The molecule has 0 fully saturated rings. The molecule has 0 saturated carbocycles. The van der Waals surface area contributed by atoms with E-state index in [4.69, 9.17) is 0 Å². The number of benzene rings is 2. The van der Waals surface area contributed by atoms with E-state index in [2.05, 4.69) is 0 Å². The van der Waals surface area contributed by atoms with E-state index in [1.54, 1.807) is 12.1 Å². The zero-order valence-corrected chi connectivity index (χ0v) is 11.7. The molecule has 2 nitrogen and oxygen atoms in total. The molecule has 0 aliphatic heterocycles. The topological polar surface area (TPSA) is 34.1 Å². The molecule has 0 aliphatic rings. The van der Waals surface area contributed by atoms with Gasteiger partial charge in [-0.3, -0.25) is 0 Å². The third-order valence-electron chi connectivity index (χ3n) is 2.50. The molecule has 0 radical (unpaired) electrons. The van der Waals surface area contributed by atoms with E-state index < -0.39 is 9.84 Å². The molecule has 94 valence electrons. The van der Waals surface area contributed by atoms with Crippen LogP contribution in [-0.2, 0) is 9.84 Å². The summed E-state index contributed by atoms with van der Waals surface area (Å²) in [4.78, 5) is 1.35. The van der Waals surface area contributed by atoms with E-state index in [-0.39, 0.29) is 5.08 Å². The van der Waals surface area contributed by atoms with Crippen LogP contribution in [-0.4, -0.2) is 13.5 Å². The van der Waals surface area contributed by atoms with E-state index in [1.807, 2.05) is 49.4 Å². The fraction of sp³-hybridized carbons (Fsp3) is 0.143. The van der Waals surface area contributed by atoms with Gasteiger partial charge in [0.15, 0.2) is 9.84 Å². The maximum absolute atomic E-state index is 12.1. The van der Waals surface area contributed by atoms with Crippen molar-refractivity contribution in [3.8, 4) is 0 Å². The lowest BCUT2D eigenvalue weighted by molar-refractivity contribution is 0.601. The molecule has 0 heterocycles. The largest absolute Gasteiger partial charge is 0.223 e. The first-order valence-electron chi connectivity index (χ1n) is 5.55. The highest BCUT2D eigenvalue weighted by molar-refractivity contribution is 8.12. The fourth-order valence-corrected chi connectivity index (χ4v) is 4.09. The van der Waals surface area contributed by atoms with Gasteiger partial charge in [0.1, 0.15) is 5.08 Å². The Balaban J connectivity index is 2.11. The van der Waals surface area contributed by atoms with Gasteiger partial charge in [-0.2, -0.15) is 0 Å². The maximum atomic E-state index is 12.1. The van der Waals surface area contributed by atoms with Crippen molar-refractivity contribution in [3.63, 3.8) is 0 Å². The number of thioether (sulfide) groups is 1. The quantitative estimate of drug-likeness (QED) is 0.802. The fourth-order valence-electron chi connectivity index (χ4n) is 1.48. The minimum atomic E-state index is -3.21. The van der Waals surface area contributed by atoms with Crippen LogP contribution in [0.5, 0.6) is 0 Å². The van der Waals surface area contributed by atoms with Crippen LogP contribution in [0.3, 0.4) is 0 Å². The van der Waals surface area contributed by atoms with Crippen molar-refractivity contribution in [1.82, 2.24) is 0 Å². The Kier molecular flexibility index (Phi) is 4.09. The van der Waals surface area contributed by atoms with Crippen LogP contribution in [0.2, 0.25) is 0 Å². The standard InChI is InChI=1S/C14H14O2S2/c1-12-7-9-14(10-8-12)18(15,16)11-17-13-5-3-2-4-6-13/h2-10H,11H2,1H3. The average molecular weight is 278 g/mol. The predicted octanol–water partition coefficient (Wildman–Crippen LogP) is 3.52. The molecule has 2 rings (SSSR count). The lowest BCUT2D eigenvalue weighted by Crippen LogP contribution is -2.03. The van der Waals surface area contributed by atoms with E-state index in [0.717, 1.165) is 10.5 Å².